The van der Waals surface area contributed by atoms with Crippen molar-refractivity contribution >= 4 is 11.9 Å². The van der Waals surface area contributed by atoms with Gasteiger partial charge in [0.05, 0.1) is 5.69 Å². The highest BCUT2D eigenvalue weighted by Crippen LogP contribution is 2.40. The molecule has 20 heavy (non-hydrogen) atoms. The second-order valence-corrected chi connectivity index (χ2v) is 5.70. The van der Waals surface area contributed by atoms with Gasteiger partial charge in [0.25, 0.3) is 5.91 Å². The molecule has 3 rings (SSSR count). The number of amides is 1. The van der Waals surface area contributed by atoms with Crippen molar-refractivity contribution in [2.24, 2.45) is 0 Å². The number of hydrogen-bond donors (Lipinski definition) is 1. The minimum absolute atomic E-state index is 0.0162. The van der Waals surface area contributed by atoms with Crippen LogP contribution in [0.2, 0.25) is 0 Å². The smallest absolute Gasteiger partial charge is 0.326 e. The van der Waals surface area contributed by atoms with Gasteiger partial charge in [0.15, 0.2) is 5.89 Å². The van der Waals surface area contributed by atoms with Gasteiger partial charge in [-0.2, -0.15) is 0 Å². The van der Waals surface area contributed by atoms with Crippen LogP contribution in [-0.4, -0.2) is 39.0 Å². The van der Waals surface area contributed by atoms with Gasteiger partial charge in [-0.3, -0.25) is 4.79 Å². The number of nitrogens with zero attached hydrogens (tertiary/aromatic N) is 2. The number of carbonyl (C=O) groups excluding carboxylic acids is 1. The van der Waals surface area contributed by atoms with Gasteiger partial charge in [0.2, 0.25) is 5.76 Å². The molecule has 0 aromatic carbocycles. The third-order valence-electron chi connectivity index (χ3n) is 3.88. The van der Waals surface area contributed by atoms with Crippen LogP contribution in [0, 0.1) is 6.92 Å². The molecule has 2 aliphatic rings. The quantitative estimate of drug-likeness (QED) is 0.889. The van der Waals surface area contributed by atoms with E-state index in [0.29, 0.717) is 17.5 Å². The van der Waals surface area contributed by atoms with Crippen molar-refractivity contribution < 1.29 is 19.1 Å². The van der Waals surface area contributed by atoms with E-state index in [2.05, 4.69) is 4.98 Å². The lowest BCUT2D eigenvalue weighted by atomic mass is 10.2. The molecular formula is C14H18N2O4. The number of carboxylic acids is 1. The van der Waals surface area contributed by atoms with Crippen molar-refractivity contribution in [3.63, 3.8) is 0 Å². The zero-order valence-electron chi connectivity index (χ0n) is 11.6. The Morgan fingerprint density at radius 3 is 2.50 bits per heavy atom. The first-order valence-corrected chi connectivity index (χ1v) is 7.02. The molecule has 1 atom stereocenters. The fraction of sp³-hybridized carbons (Fsp3) is 0.643. The van der Waals surface area contributed by atoms with E-state index in [1.807, 2.05) is 0 Å². The molecule has 0 saturated heterocycles. The zero-order valence-corrected chi connectivity index (χ0v) is 11.6. The number of hydrogen-bond acceptors (Lipinski definition) is 4. The molecule has 2 saturated carbocycles. The summed E-state index contributed by atoms with van der Waals surface area (Å²) in [6.45, 7) is 3.27. The summed E-state index contributed by atoms with van der Waals surface area (Å²) in [5.74, 6) is -0.192. The fourth-order valence-electron chi connectivity index (χ4n) is 2.37. The van der Waals surface area contributed by atoms with Crippen LogP contribution in [0.4, 0.5) is 0 Å². The molecule has 2 aliphatic carbocycles. The van der Waals surface area contributed by atoms with Gasteiger partial charge in [-0.1, -0.05) is 0 Å². The Morgan fingerprint density at radius 1 is 1.35 bits per heavy atom. The molecule has 0 spiro atoms. The van der Waals surface area contributed by atoms with Gasteiger partial charge in [0, 0.05) is 12.0 Å². The van der Waals surface area contributed by atoms with Gasteiger partial charge in [-0.15, -0.1) is 0 Å². The zero-order chi connectivity index (χ0) is 14.4. The minimum atomic E-state index is -0.996. The molecule has 0 radical (unpaired) electrons. The molecule has 1 unspecified atom stereocenters. The summed E-state index contributed by atoms with van der Waals surface area (Å²) in [6.07, 6.45) is 3.80. The Labute approximate surface area is 116 Å². The molecule has 1 aromatic heterocycles. The molecule has 0 aliphatic heterocycles. The molecule has 108 valence electrons. The van der Waals surface area contributed by atoms with E-state index in [4.69, 9.17) is 9.52 Å². The van der Waals surface area contributed by atoms with Crippen LogP contribution in [0.1, 0.15) is 60.7 Å². The number of carboxylic acid groups (broad SMARTS) is 1. The monoisotopic (exact) mass is 278 g/mol. The maximum absolute atomic E-state index is 12.6. The van der Waals surface area contributed by atoms with Crippen LogP contribution in [0.5, 0.6) is 0 Å². The van der Waals surface area contributed by atoms with Crippen molar-refractivity contribution in [3.8, 4) is 0 Å². The summed E-state index contributed by atoms with van der Waals surface area (Å²) in [5.41, 5.74) is 0.556. The standard InChI is InChI=1S/C14H18N2O4/c1-7-11(20-12(15-7)9-3-4-9)13(17)16(10-5-6-10)8(2)14(18)19/h8-10H,3-6H2,1-2H3,(H,18,19). The number of oxazole rings is 1. The van der Waals surface area contributed by atoms with Gasteiger partial charge in [-0.05, 0) is 39.5 Å². The van der Waals surface area contributed by atoms with Crippen LogP contribution in [0.15, 0.2) is 4.42 Å². The van der Waals surface area contributed by atoms with E-state index in [0.717, 1.165) is 25.7 Å². The predicted molar refractivity (Wildman–Crippen MR) is 69.5 cm³/mol. The summed E-state index contributed by atoms with van der Waals surface area (Å²) < 4.78 is 5.59. The Balaban J connectivity index is 1.87. The Hall–Kier alpha value is -1.85. The first-order chi connectivity index (χ1) is 9.49. The minimum Gasteiger partial charge on any atom is -0.480 e. The van der Waals surface area contributed by atoms with Gasteiger partial charge >= 0.3 is 5.97 Å². The average Bonchev–Trinajstić information content (AvgIpc) is 3.28. The highest BCUT2D eigenvalue weighted by molar-refractivity contribution is 5.95. The number of aliphatic carboxylic acids is 1. The van der Waals surface area contributed by atoms with E-state index < -0.39 is 12.0 Å². The Morgan fingerprint density at radius 2 is 2.00 bits per heavy atom. The summed E-state index contributed by atoms with van der Waals surface area (Å²) in [7, 11) is 0. The molecule has 1 heterocycles. The second-order valence-electron chi connectivity index (χ2n) is 5.70. The molecule has 1 amide bonds. The van der Waals surface area contributed by atoms with Crippen molar-refractivity contribution in [1.29, 1.82) is 0 Å². The largest absolute Gasteiger partial charge is 0.480 e. The lowest BCUT2D eigenvalue weighted by molar-refractivity contribution is -0.141. The summed E-state index contributed by atoms with van der Waals surface area (Å²) >= 11 is 0. The Bertz CT molecular complexity index is 558. The van der Waals surface area contributed by atoms with Crippen molar-refractivity contribution in [2.45, 2.75) is 57.5 Å². The van der Waals surface area contributed by atoms with Gasteiger partial charge in [0.1, 0.15) is 6.04 Å². The first-order valence-electron chi connectivity index (χ1n) is 7.02. The SMILES string of the molecule is Cc1nc(C2CC2)oc1C(=O)N(C1CC1)C(C)C(=O)O. The van der Waals surface area contributed by atoms with Gasteiger partial charge in [-0.25, -0.2) is 9.78 Å². The van der Waals surface area contributed by atoms with Crippen molar-refractivity contribution in [1.82, 2.24) is 9.88 Å². The normalized spacial score (nSPS) is 19.7. The molecule has 2 fully saturated rings. The maximum Gasteiger partial charge on any atom is 0.326 e. The van der Waals surface area contributed by atoms with E-state index in [9.17, 15) is 9.59 Å². The topological polar surface area (TPSA) is 83.6 Å². The first kappa shape index (κ1) is 13.1. The van der Waals surface area contributed by atoms with Crippen LogP contribution in [0.25, 0.3) is 0 Å². The predicted octanol–water partition coefficient (Wildman–Crippen LogP) is 1.94. The number of carbonyl (C=O) groups is 2. The van der Waals surface area contributed by atoms with E-state index >= 15 is 0 Å². The summed E-state index contributed by atoms with van der Waals surface area (Å²) in [5, 5.41) is 9.16. The van der Waals surface area contributed by atoms with Crippen LogP contribution in [-0.2, 0) is 4.79 Å². The summed E-state index contributed by atoms with van der Waals surface area (Å²) in [6, 6.07) is -0.827. The lowest BCUT2D eigenvalue weighted by Gasteiger charge is -2.25. The van der Waals surface area contributed by atoms with Crippen LogP contribution >= 0.6 is 0 Å². The third-order valence-corrected chi connectivity index (χ3v) is 3.88. The highest BCUT2D eigenvalue weighted by atomic mass is 16.4. The molecule has 1 N–H and O–H groups in total. The summed E-state index contributed by atoms with van der Waals surface area (Å²) in [4.78, 5) is 29.5. The van der Waals surface area contributed by atoms with E-state index in [1.54, 1.807) is 6.92 Å². The molecule has 6 heteroatoms. The number of aryl methyl sites for hydroxylation is 1. The lowest BCUT2D eigenvalue weighted by Crippen LogP contribution is -2.44. The van der Waals surface area contributed by atoms with Gasteiger partial charge < -0.3 is 14.4 Å². The average molecular weight is 278 g/mol. The fourth-order valence-corrected chi connectivity index (χ4v) is 2.37. The van der Waals surface area contributed by atoms with E-state index in [1.165, 1.54) is 11.8 Å². The Kier molecular flexibility index (Phi) is 3.03. The number of aromatic nitrogens is 1. The van der Waals surface area contributed by atoms with Crippen molar-refractivity contribution in [2.75, 3.05) is 0 Å². The molecular weight excluding hydrogens is 260 g/mol. The van der Waals surface area contributed by atoms with Crippen LogP contribution in [0.3, 0.4) is 0 Å². The maximum atomic E-state index is 12.6. The number of rotatable bonds is 5. The molecule has 6 nitrogen and oxygen atoms in total. The molecule has 1 aromatic rings. The second kappa shape index (κ2) is 4.61. The van der Waals surface area contributed by atoms with E-state index in [-0.39, 0.29) is 17.7 Å². The van der Waals surface area contributed by atoms with Crippen molar-refractivity contribution in [3.05, 3.63) is 17.3 Å². The molecule has 0 bridgehead atoms. The third kappa shape index (κ3) is 2.30. The highest BCUT2D eigenvalue weighted by Gasteiger charge is 2.41. The van der Waals surface area contributed by atoms with Crippen LogP contribution < -0.4 is 0 Å².